The molecule has 3 nitrogen and oxygen atoms in total. The highest BCUT2D eigenvalue weighted by molar-refractivity contribution is 7.21. The van der Waals surface area contributed by atoms with Crippen molar-refractivity contribution in [2.45, 2.75) is 19.3 Å². The number of nitrogens with zero attached hydrogens (tertiary/aromatic N) is 1. The van der Waals surface area contributed by atoms with Gasteiger partial charge in [-0.3, -0.25) is 4.79 Å². The molecule has 1 saturated heterocycles. The highest BCUT2D eigenvalue weighted by Gasteiger charge is 2.17. The second-order valence-electron chi connectivity index (χ2n) is 5.54. The van der Waals surface area contributed by atoms with Crippen molar-refractivity contribution in [2.24, 2.45) is 0 Å². The Hall–Kier alpha value is -1.17. The lowest BCUT2D eigenvalue weighted by Crippen LogP contribution is -2.37. The first-order valence-electron chi connectivity index (χ1n) is 7.53. The first-order chi connectivity index (χ1) is 10.6. The molecule has 0 bridgehead atoms. The molecule has 0 atom stereocenters. The number of amides is 1. The molecule has 2 aromatic rings. The number of fused-ring (bicyclic) bond motifs is 1. The maximum Gasteiger partial charge on any atom is 0.262 e. The van der Waals surface area contributed by atoms with E-state index in [-0.39, 0.29) is 11.7 Å². The molecule has 3 rings (SSSR count). The topological polar surface area (TPSA) is 32.3 Å². The molecule has 1 fully saturated rings. The van der Waals surface area contributed by atoms with Gasteiger partial charge in [0.15, 0.2) is 0 Å². The molecule has 1 aliphatic rings. The number of hydrogen-bond acceptors (Lipinski definition) is 3. The molecule has 118 valence electrons. The standard InChI is InChI=1S/C16H18ClFN2OS/c17-14-12-5-4-11(18)10-13(12)22-15(14)16(21)19-6-9-20-7-2-1-3-8-20/h4-5,10H,1-3,6-9H2,(H,19,21). The molecule has 1 aliphatic heterocycles. The molecule has 6 heteroatoms. The van der Waals surface area contributed by atoms with Gasteiger partial charge in [0.1, 0.15) is 10.7 Å². The summed E-state index contributed by atoms with van der Waals surface area (Å²) in [5.74, 6) is -0.494. The van der Waals surface area contributed by atoms with Crippen LogP contribution >= 0.6 is 22.9 Å². The predicted molar refractivity (Wildman–Crippen MR) is 89.4 cm³/mol. The molecule has 0 aliphatic carbocycles. The van der Waals surface area contributed by atoms with Gasteiger partial charge in [0.25, 0.3) is 5.91 Å². The number of nitrogens with one attached hydrogen (secondary N) is 1. The number of carbonyl (C=O) groups is 1. The fourth-order valence-electron chi connectivity index (χ4n) is 2.78. The van der Waals surface area contributed by atoms with E-state index in [9.17, 15) is 9.18 Å². The van der Waals surface area contributed by atoms with Crippen molar-refractivity contribution in [3.05, 3.63) is 33.9 Å². The van der Waals surface area contributed by atoms with Crippen molar-refractivity contribution in [2.75, 3.05) is 26.2 Å². The molecule has 0 unspecified atom stereocenters. The molecule has 1 N–H and O–H groups in total. The number of rotatable bonds is 4. The SMILES string of the molecule is O=C(NCCN1CCCCC1)c1sc2cc(F)ccc2c1Cl. The summed E-state index contributed by atoms with van der Waals surface area (Å²) in [7, 11) is 0. The number of halogens is 2. The number of likely N-dealkylation sites (tertiary alicyclic amines) is 1. The van der Waals surface area contributed by atoms with Crippen LogP contribution in [0.15, 0.2) is 18.2 Å². The molecule has 22 heavy (non-hydrogen) atoms. The third-order valence-corrected chi connectivity index (χ3v) is 5.62. The van der Waals surface area contributed by atoms with Gasteiger partial charge in [-0.15, -0.1) is 11.3 Å². The zero-order chi connectivity index (χ0) is 15.5. The van der Waals surface area contributed by atoms with Crippen LogP contribution in [0.2, 0.25) is 5.02 Å². The van der Waals surface area contributed by atoms with Crippen LogP contribution in [0.4, 0.5) is 4.39 Å². The number of thiophene rings is 1. The molecular weight excluding hydrogens is 323 g/mol. The van der Waals surface area contributed by atoms with E-state index in [0.717, 1.165) is 25.0 Å². The lowest BCUT2D eigenvalue weighted by molar-refractivity contribution is 0.0951. The minimum Gasteiger partial charge on any atom is -0.350 e. The van der Waals surface area contributed by atoms with E-state index in [2.05, 4.69) is 10.2 Å². The Morgan fingerprint density at radius 1 is 1.32 bits per heavy atom. The summed E-state index contributed by atoms with van der Waals surface area (Å²) < 4.78 is 13.9. The predicted octanol–water partition coefficient (Wildman–Crippen LogP) is 3.91. The number of piperidine rings is 1. The van der Waals surface area contributed by atoms with Crippen LogP contribution in [-0.4, -0.2) is 37.0 Å². The third kappa shape index (κ3) is 3.42. The van der Waals surface area contributed by atoms with Gasteiger partial charge in [-0.25, -0.2) is 4.39 Å². The zero-order valence-corrected chi connectivity index (χ0v) is 13.8. The normalized spacial score (nSPS) is 16.1. The Morgan fingerprint density at radius 3 is 2.86 bits per heavy atom. The third-order valence-electron chi connectivity index (χ3n) is 3.96. The van der Waals surface area contributed by atoms with E-state index in [1.807, 2.05) is 0 Å². The van der Waals surface area contributed by atoms with Crippen LogP contribution in [0.5, 0.6) is 0 Å². The van der Waals surface area contributed by atoms with E-state index in [1.54, 1.807) is 6.07 Å². The Labute approximate surface area is 138 Å². The van der Waals surface area contributed by atoms with Crippen LogP contribution in [0.1, 0.15) is 28.9 Å². The lowest BCUT2D eigenvalue weighted by atomic mass is 10.1. The van der Waals surface area contributed by atoms with Gasteiger partial charge in [0, 0.05) is 23.2 Å². The Kier molecular flexibility index (Phi) is 4.96. The minimum atomic E-state index is -0.317. The second kappa shape index (κ2) is 6.94. The fourth-order valence-corrected chi connectivity index (χ4v) is 4.23. The van der Waals surface area contributed by atoms with Crippen molar-refractivity contribution in [1.29, 1.82) is 0 Å². The molecule has 1 aromatic carbocycles. The maximum absolute atomic E-state index is 13.2. The average Bonchev–Trinajstić information content (AvgIpc) is 2.84. The van der Waals surface area contributed by atoms with Crippen LogP contribution in [-0.2, 0) is 0 Å². The van der Waals surface area contributed by atoms with Crippen LogP contribution in [0, 0.1) is 5.82 Å². The largest absolute Gasteiger partial charge is 0.350 e. The Morgan fingerprint density at radius 2 is 2.09 bits per heavy atom. The van der Waals surface area contributed by atoms with Gasteiger partial charge < -0.3 is 10.2 Å². The highest BCUT2D eigenvalue weighted by atomic mass is 35.5. The zero-order valence-electron chi connectivity index (χ0n) is 12.2. The van der Waals surface area contributed by atoms with Gasteiger partial charge in [0.2, 0.25) is 0 Å². The highest BCUT2D eigenvalue weighted by Crippen LogP contribution is 2.35. The van der Waals surface area contributed by atoms with Crippen molar-refractivity contribution in [3.63, 3.8) is 0 Å². The average molecular weight is 341 g/mol. The molecule has 1 amide bonds. The first kappa shape index (κ1) is 15.7. The van der Waals surface area contributed by atoms with Gasteiger partial charge in [-0.1, -0.05) is 18.0 Å². The molecule has 1 aromatic heterocycles. The summed E-state index contributed by atoms with van der Waals surface area (Å²) in [5, 5.41) is 4.06. The van der Waals surface area contributed by atoms with Crippen molar-refractivity contribution in [1.82, 2.24) is 10.2 Å². The van der Waals surface area contributed by atoms with Gasteiger partial charge >= 0.3 is 0 Å². The lowest BCUT2D eigenvalue weighted by Gasteiger charge is -2.26. The van der Waals surface area contributed by atoms with E-state index in [4.69, 9.17) is 11.6 Å². The quantitative estimate of drug-likeness (QED) is 0.915. The monoisotopic (exact) mass is 340 g/mol. The Bertz CT molecular complexity index is 682. The van der Waals surface area contributed by atoms with Crippen LogP contribution in [0.25, 0.3) is 10.1 Å². The van der Waals surface area contributed by atoms with Crippen LogP contribution in [0.3, 0.4) is 0 Å². The smallest absolute Gasteiger partial charge is 0.262 e. The second-order valence-corrected chi connectivity index (χ2v) is 6.97. The number of hydrogen-bond donors (Lipinski definition) is 1. The van der Waals surface area contributed by atoms with Crippen molar-refractivity contribution < 1.29 is 9.18 Å². The maximum atomic E-state index is 13.2. The summed E-state index contributed by atoms with van der Waals surface area (Å²) in [6.07, 6.45) is 3.78. The Balaban J connectivity index is 1.63. The van der Waals surface area contributed by atoms with Gasteiger partial charge in [0.05, 0.1) is 5.02 Å². The summed E-state index contributed by atoms with van der Waals surface area (Å²) in [6, 6.07) is 4.39. The van der Waals surface area contributed by atoms with Gasteiger partial charge in [-0.2, -0.15) is 0 Å². The first-order valence-corrected chi connectivity index (χ1v) is 8.73. The van der Waals surface area contributed by atoms with E-state index < -0.39 is 0 Å². The van der Waals surface area contributed by atoms with Crippen LogP contribution < -0.4 is 5.32 Å². The van der Waals surface area contributed by atoms with E-state index in [1.165, 1.54) is 42.7 Å². The summed E-state index contributed by atoms with van der Waals surface area (Å²) in [6.45, 7) is 3.69. The molecule has 2 heterocycles. The molecule has 0 spiro atoms. The van der Waals surface area contributed by atoms with E-state index >= 15 is 0 Å². The summed E-state index contributed by atoms with van der Waals surface area (Å²) in [4.78, 5) is 15.1. The molecular formula is C16H18ClFN2OS. The number of benzene rings is 1. The molecule has 0 saturated carbocycles. The van der Waals surface area contributed by atoms with Crippen molar-refractivity contribution in [3.8, 4) is 0 Å². The molecule has 0 radical (unpaired) electrons. The minimum absolute atomic E-state index is 0.177. The summed E-state index contributed by atoms with van der Waals surface area (Å²) in [5.41, 5.74) is 0. The number of carbonyl (C=O) groups excluding carboxylic acids is 1. The fraction of sp³-hybridized carbons (Fsp3) is 0.438. The van der Waals surface area contributed by atoms with Crippen molar-refractivity contribution >= 4 is 38.9 Å². The van der Waals surface area contributed by atoms with Gasteiger partial charge in [-0.05, 0) is 44.1 Å². The van der Waals surface area contributed by atoms with E-state index in [0.29, 0.717) is 21.1 Å². The summed E-state index contributed by atoms with van der Waals surface area (Å²) >= 11 is 7.48.